The lowest BCUT2D eigenvalue weighted by Crippen LogP contribution is -2.06. The molecule has 1 unspecified atom stereocenters. The maximum atomic E-state index is 14.0. The maximum Gasteiger partial charge on any atom is 0.104 e. The largest absolute Gasteiger partial charge is 0.247 e. The molecule has 0 aromatic heterocycles. The second-order valence-electron chi connectivity index (χ2n) is 8.98. The molecule has 0 radical (unpaired) electrons. The maximum absolute atomic E-state index is 14.0. The van der Waals surface area contributed by atoms with E-state index in [1.54, 1.807) is 6.21 Å². The predicted octanol–water partition coefficient (Wildman–Crippen LogP) is 8.53. The normalized spacial score (nSPS) is 12.7. The lowest BCUT2D eigenvalue weighted by atomic mass is 9.99. The van der Waals surface area contributed by atoms with E-state index in [2.05, 4.69) is 41.0 Å². The first-order valence-electron chi connectivity index (χ1n) is 12.8. The van der Waals surface area contributed by atoms with Crippen molar-refractivity contribution in [2.24, 2.45) is 10.2 Å². The van der Waals surface area contributed by atoms with Gasteiger partial charge in [-0.3, -0.25) is 0 Å². The summed E-state index contributed by atoms with van der Waals surface area (Å²) in [6.07, 6.45) is 10.8. The third-order valence-electron chi connectivity index (χ3n) is 6.05. The molecule has 0 saturated heterocycles. The van der Waals surface area contributed by atoms with Crippen molar-refractivity contribution in [3.63, 3.8) is 0 Å². The van der Waals surface area contributed by atoms with E-state index in [-0.39, 0.29) is 0 Å². The average molecular weight is 469 g/mol. The Labute approximate surface area is 210 Å². The Balaban J connectivity index is 1.69. The molecule has 35 heavy (non-hydrogen) atoms. The van der Waals surface area contributed by atoms with Gasteiger partial charge in [0.05, 0.1) is 6.21 Å². The number of aryl methyl sites for hydroxylation is 1. The van der Waals surface area contributed by atoms with Gasteiger partial charge in [-0.1, -0.05) is 105 Å². The molecule has 0 amide bonds. The SMILES string of the molecule is C=CCCCCCc1ccc(C=NN=C(c2ccccc2)c2ccc(CC(F)CCC)cc2)cc1. The van der Waals surface area contributed by atoms with Crippen molar-refractivity contribution >= 4 is 11.9 Å². The van der Waals surface area contributed by atoms with Crippen LogP contribution >= 0.6 is 0 Å². The van der Waals surface area contributed by atoms with E-state index in [1.165, 1.54) is 24.8 Å². The third kappa shape index (κ3) is 9.09. The third-order valence-corrected chi connectivity index (χ3v) is 6.05. The molecule has 0 aliphatic carbocycles. The van der Waals surface area contributed by atoms with Gasteiger partial charge in [0.2, 0.25) is 0 Å². The molecule has 0 aliphatic rings. The van der Waals surface area contributed by atoms with E-state index in [0.29, 0.717) is 12.8 Å². The van der Waals surface area contributed by atoms with Gasteiger partial charge in [-0.05, 0) is 48.8 Å². The van der Waals surface area contributed by atoms with Gasteiger partial charge in [0, 0.05) is 17.5 Å². The first-order chi connectivity index (χ1) is 17.2. The number of benzene rings is 3. The van der Waals surface area contributed by atoms with Crippen molar-refractivity contribution in [1.82, 2.24) is 0 Å². The molecule has 0 fully saturated rings. The minimum atomic E-state index is -0.790. The molecule has 182 valence electrons. The Morgan fingerprint density at radius 1 is 0.857 bits per heavy atom. The minimum absolute atomic E-state index is 0.453. The first kappa shape index (κ1) is 26.3. The summed E-state index contributed by atoms with van der Waals surface area (Å²) in [5, 5.41) is 8.99. The molecular weight excluding hydrogens is 431 g/mol. The summed E-state index contributed by atoms with van der Waals surface area (Å²) >= 11 is 0. The van der Waals surface area contributed by atoms with E-state index in [0.717, 1.165) is 47.2 Å². The Hall–Kier alpha value is -3.33. The van der Waals surface area contributed by atoms with Gasteiger partial charge >= 0.3 is 0 Å². The van der Waals surface area contributed by atoms with Gasteiger partial charge in [-0.25, -0.2) is 4.39 Å². The van der Waals surface area contributed by atoms with E-state index < -0.39 is 6.17 Å². The lowest BCUT2D eigenvalue weighted by molar-refractivity contribution is 0.310. The Bertz CT molecular complexity index is 1070. The van der Waals surface area contributed by atoms with Crippen LogP contribution in [0.3, 0.4) is 0 Å². The van der Waals surface area contributed by atoms with Crippen molar-refractivity contribution in [3.05, 3.63) is 119 Å². The van der Waals surface area contributed by atoms with Crippen molar-refractivity contribution in [3.8, 4) is 0 Å². The van der Waals surface area contributed by atoms with Crippen molar-refractivity contribution < 1.29 is 4.39 Å². The fraction of sp³-hybridized carbons (Fsp3) is 0.312. The van der Waals surface area contributed by atoms with Gasteiger partial charge in [0.1, 0.15) is 11.9 Å². The minimum Gasteiger partial charge on any atom is -0.247 e. The molecule has 3 rings (SSSR count). The molecule has 3 aromatic carbocycles. The van der Waals surface area contributed by atoms with Crippen LogP contribution in [0, 0.1) is 0 Å². The molecule has 0 heterocycles. The standard InChI is InChI=1S/C32H37FN2/c1-3-5-6-7-9-13-26-16-18-28(19-17-26)25-34-35-32(29-14-10-8-11-15-29)30-22-20-27(21-23-30)24-31(33)12-4-2/h3,8,10-11,14-23,25,31H,1,4-7,9,12-13,24H2,2H3. The van der Waals surface area contributed by atoms with E-state index in [9.17, 15) is 4.39 Å². The quantitative estimate of drug-likeness (QED) is 0.0980. The summed E-state index contributed by atoms with van der Waals surface area (Å²) in [5.41, 5.74) is 6.15. The van der Waals surface area contributed by atoms with E-state index in [1.807, 2.05) is 67.6 Å². The molecule has 0 spiro atoms. The molecular formula is C32H37FN2. The van der Waals surface area contributed by atoms with Crippen LogP contribution in [0.4, 0.5) is 4.39 Å². The zero-order valence-corrected chi connectivity index (χ0v) is 20.9. The number of halogens is 1. The van der Waals surface area contributed by atoms with Gasteiger partial charge < -0.3 is 0 Å². The van der Waals surface area contributed by atoms with Crippen LogP contribution in [0.1, 0.15) is 73.3 Å². The van der Waals surface area contributed by atoms with Crippen LogP contribution in [-0.2, 0) is 12.8 Å². The number of rotatable bonds is 14. The summed E-state index contributed by atoms with van der Waals surface area (Å²) in [6, 6.07) is 26.6. The number of unbranched alkanes of at least 4 members (excludes halogenated alkanes) is 3. The summed E-state index contributed by atoms with van der Waals surface area (Å²) < 4.78 is 14.0. The lowest BCUT2D eigenvalue weighted by Gasteiger charge is -2.09. The summed E-state index contributed by atoms with van der Waals surface area (Å²) in [4.78, 5) is 0. The number of hydrogen-bond acceptors (Lipinski definition) is 2. The molecule has 0 N–H and O–H groups in total. The first-order valence-corrected chi connectivity index (χ1v) is 12.8. The summed E-state index contributed by atoms with van der Waals surface area (Å²) in [6.45, 7) is 5.79. The highest BCUT2D eigenvalue weighted by Crippen LogP contribution is 2.16. The molecule has 3 heteroatoms. The monoisotopic (exact) mass is 468 g/mol. The highest BCUT2D eigenvalue weighted by Gasteiger charge is 2.10. The van der Waals surface area contributed by atoms with Crippen molar-refractivity contribution in [2.75, 3.05) is 0 Å². The zero-order valence-electron chi connectivity index (χ0n) is 20.9. The molecule has 0 saturated carbocycles. The topological polar surface area (TPSA) is 24.7 Å². The second-order valence-corrected chi connectivity index (χ2v) is 8.98. The molecule has 1 atom stereocenters. The molecule has 0 bridgehead atoms. The predicted molar refractivity (Wildman–Crippen MR) is 148 cm³/mol. The van der Waals surface area contributed by atoms with Crippen LogP contribution in [0.15, 0.2) is 102 Å². The van der Waals surface area contributed by atoms with E-state index >= 15 is 0 Å². The number of nitrogens with zero attached hydrogens (tertiary/aromatic N) is 2. The van der Waals surface area contributed by atoms with Crippen LogP contribution in [0.2, 0.25) is 0 Å². The average Bonchev–Trinajstić information content (AvgIpc) is 2.89. The smallest absolute Gasteiger partial charge is 0.104 e. The number of hydrogen-bond donors (Lipinski definition) is 0. The van der Waals surface area contributed by atoms with Crippen molar-refractivity contribution in [1.29, 1.82) is 0 Å². The van der Waals surface area contributed by atoms with Gasteiger partial charge in [-0.15, -0.1) is 11.7 Å². The number of alkyl halides is 1. The molecule has 3 aromatic rings. The van der Waals surface area contributed by atoms with E-state index in [4.69, 9.17) is 0 Å². The van der Waals surface area contributed by atoms with Gasteiger partial charge in [-0.2, -0.15) is 5.10 Å². The van der Waals surface area contributed by atoms with Gasteiger partial charge in [0.15, 0.2) is 0 Å². The number of allylic oxidation sites excluding steroid dienone is 1. The highest BCUT2D eigenvalue weighted by molar-refractivity contribution is 6.13. The van der Waals surface area contributed by atoms with Crippen LogP contribution in [0.5, 0.6) is 0 Å². The second kappa shape index (κ2) is 14.8. The Morgan fingerprint density at radius 2 is 1.54 bits per heavy atom. The molecule has 2 nitrogen and oxygen atoms in total. The Kier molecular flexibility index (Phi) is 11.1. The van der Waals surface area contributed by atoms with Crippen LogP contribution in [0.25, 0.3) is 0 Å². The fourth-order valence-corrected chi connectivity index (χ4v) is 4.07. The Morgan fingerprint density at radius 3 is 2.23 bits per heavy atom. The van der Waals surface area contributed by atoms with Crippen LogP contribution < -0.4 is 0 Å². The highest BCUT2D eigenvalue weighted by atomic mass is 19.1. The van der Waals surface area contributed by atoms with Gasteiger partial charge in [0.25, 0.3) is 0 Å². The summed E-state index contributed by atoms with van der Waals surface area (Å²) in [7, 11) is 0. The van der Waals surface area contributed by atoms with Crippen LogP contribution in [-0.4, -0.2) is 18.1 Å². The van der Waals surface area contributed by atoms with Crippen molar-refractivity contribution in [2.45, 2.75) is 64.5 Å². The fourth-order valence-electron chi connectivity index (χ4n) is 4.07. The zero-order chi connectivity index (χ0) is 24.7. The molecule has 0 aliphatic heterocycles. The summed E-state index contributed by atoms with van der Waals surface area (Å²) in [5.74, 6) is 0.